The third-order valence-electron chi connectivity index (χ3n) is 3.31. The van der Waals surface area contributed by atoms with E-state index in [1.807, 2.05) is 6.92 Å². The molecule has 1 aromatic heterocycles. The summed E-state index contributed by atoms with van der Waals surface area (Å²) in [6.07, 6.45) is 5.00. The lowest BCUT2D eigenvalue weighted by molar-refractivity contribution is 0.398. The second-order valence-electron chi connectivity index (χ2n) is 5.03. The molecule has 98 valence electrons. The number of aryl methyl sites for hydroxylation is 2. The molecule has 0 spiro atoms. The van der Waals surface area contributed by atoms with Gasteiger partial charge in [0.1, 0.15) is 11.5 Å². The third kappa shape index (κ3) is 4.19. The average molecular weight is 237 g/mol. The second kappa shape index (κ2) is 6.85. The Hall–Kier alpha value is -0.760. The van der Waals surface area contributed by atoms with Gasteiger partial charge in [0.2, 0.25) is 0 Å². The summed E-state index contributed by atoms with van der Waals surface area (Å²) in [6, 6.07) is 3.17. The Kier molecular flexibility index (Phi) is 5.76. The molecule has 0 amide bonds. The summed E-state index contributed by atoms with van der Waals surface area (Å²) in [7, 11) is 0. The normalized spacial score (nSPS) is 13.3. The van der Waals surface area contributed by atoms with Gasteiger partial charge in [-0.15, -0.1) is 0 Å². The van der Waals surface area contributed by atoms with E-state index in [1.165, 1.54) is 31.2 Å². The molecule has 0 fully saturated rings. The van der Waals surface area contributed by atoms with Crippen molar-refractivity contribution in [3.63, 3.8) is 0 Å². The number of hydrogen-bond acceptors (Lipinski definition) is 2. The van der Waals surface area contributed by atoms with Crippen LogP contribution in [0.15, 0.2) is 10.5 Å². The van der Waals surface area contributed by atoms with Crippen LogP contribution in [0.2, 0.25) is 0 Å². The van der Waals surface area contributed by atoms with Crippen molar-refractivity contribution in [2.45, 2.75) is 72.4 Å². The quantitative estimate of drug-likeness (QED) is 0.754. The van der Waals surface area contributed by atoms with Crippen LogP contribution in [0, 0.1) is 13.8 Å². The average Bonchev–Trinajstić information content (AvgIpc) is 2.58. The highest BCUT2D eigenvalue weighted by molar-refractivity contribution is 5.23. The molecule has 1 atom stereocenters. The van der Waals surface area contributed by atoms with Gasteiger partial charge in [-0.1, -0.05) is 26.7 Å². The molecular weight excluding hydrogens is 210 g/mol. The van der Waals surface area contributed by atoms with Gasteiger partial charge in [-0.05, 0) is 39.7 Å². The van der Waals surface area contributed by atoms with Crippen LogP contribution in [0.3, 0.4) is 0 Å². The van der Waals surface area contributed by atoms with Gasteiger partial charge in [-0.3, -0.25) is 0 Å². The topological polar surface area (TPSA) is 25.2 Å². The number of nitrogens with one attached hydrogen (secondary N) is 1. The minimum atomic E-state index is 0.385. The zero-order valence-electron chi connectivity index (χ0n) is 12.0. The third-order valence-corrected chi connectivity index (χ3v) is 3.31. The van der Waals surface area contributed by atoms with Crippen molar-refractivity contribution in [1.29, 1.82) is 0 Å². The van der Waals surface area contributed by atoms with Crippen molar-refractivity contribution in [3.8, 4) is 0 Å². The van der Waals surface area contributed by atoms with Gasteiger partial charge in [0.05, 0.1) is 0 Å². The van der Waals surface area contributed by atoms with Crippen LogP contribution in [0.5, 0.6) is 0 Å². The van der Waals surface area contributed by atoms with Gasteiger partial charge in [-0.25, -0.2) is 0 Å². The Morgan fingerprint density at radius 3 is 2.18 bits per heavy atom. The molecule has 0 aliphatic carbocycles. The summed E-state index contributed by atoms with van der Waals surface area (Å²) in [5.41, 5.74) is 1.31. The number of hydrogen-bond donors (Lipinski definition) is 1. The van der Waals surface area contributed by atoms with Crippen molar-refractivity contribution in [2.75, 3.05) is 0 Å². The highest BCUT2D eigenvalue weighted by atomic mass is 16.3. The molecule has 1 aromatic rings. The van der Waals surface area contributed by atoms with Crippen LogP contribution in [-0.4, -0.2) is 6.04 Å². The van der Waals surface area contributed by atoms with E-state index in [0.717, 1.165) is 11.5 Å². The molecule has 2 heteroatoms. The maximum atomic E-state index is 5.60. The molecule has 0 aliphatic rings. The fraction of sp³-hybridized carbons (Fsp3) is 0.733. The molecule has 2 nitrogen and oxygen atoms in total. The first-order valence-electron chi connectivity index (χ1n) is 6.91. The minimum absolute atomic E-state index is 0.385. The van der Waals surface area contributed by atoms with E-state index in [2.05, 4.69) is 39.1 Å². The predicted octanol–water partition coefficient (Wildman–Crippen LogP) is 4.52. The maximum absolute atomic E-state index is 5.60. The smallest absolute Gasteiger partial charge is 0.105 e. The van der Waals surface area contributed by atoms with Crippen molar-refractivity contribution in [2.24, 2.45) is 0 Å². The Morgan fingerprint density at radius 1 is 1.18 bits per heavy atom. The molecular formula is C15H27NO. The van der Waals surface area contributed by atoms with Gasteiger partial charge < -0.3 is 9.73 Å². The molecule has 0 aliphatic heterocycles. The van der Waals surface area contributed by atoms with Crippen LogP contribution >= 0.6 is 0 Å². The highest BCUT2D eigenvalue weighted by Crippen LogP contribution is 2.22. The summed E-state index contributed by atoms with van der Waals surface area (Å²) in [4.78, 5) is 0. The van der Waals surface area contributed by atoms with E-state index >= 15 is 0 Å². The zero-order chi connectivity index (χ0) is 12.8. The summed E-state index contributed by atoms with van der Waals surface area (Å²) in [5.74, 6) is 2.06. The van der Waals surface area contributed by atoms with E-state index < -0.39 is 0 Å². The SMILES string of the molecule is CCCC(CCC)NC(C)c1cc(C)oc1C. The summed E-state index contributed by atoms with van der Waals surface area (Å²) < 4.78 is 5.60. The van der Waals surface area contributed by atoms with Crippen LogP contribution in [0.4, 0.5) is 0 Å². The summed E-state index contributed by atoms with van der Waals surface area (Å²) in [5, 5.41) is 3.73. The first kappa shape index (κ1) is 14.3. The zero-order valence-corrected chi connectivity index (χ0v) is 12.0. The molecule has 0 saturated heterocycles. The van der Waals surface area contributed by atoms with Gasteiger partial charge in [0.15, 0.2) is 0 Å². The molecule has 1 N–H and O–H groups in total. The Morgan fingerprint density at radius 2 is 1.76 bits per heavy atom. The van der Waals surface area contributed by atoms with Crippen LogP contribution in [0.1, 0.15) is 69.6 Å². The molecule has 0 radical (unpaired) electrons. The largest absolute Gasteiger partial charge is 0.466 e. The van der Waals surface area contributed by atoms with Crippen molar-refractivity contribution < 1.29 is 4.42 Å². The minimum Gasteiger partial charge on any atom is -0.466 e. The molecule has 0 bridgehead atoms. The fourth-order valence-electron chi connectivity index (χ4n) is 2.53. The lowest BCUT2D eigenvalue weighted by Crippen LogP contribution is -2.31. The van der Waals surface area contributed by atoms with Crippen molar-refractivity contribution in [3.05, 3.63) is 23.2 Å². The van der Waals surface area contributed by atoms with Gasteiger partial charge in [0.25, 0.3) is 0 Å². The monoisotopic (exact) mass is 237 g/mol. The predicted molar refractivity (Wildman–Crippen MR) is 73.3 cm³/mol. The Labute approximate surface area is 106 Å². The molecule has 0 aromatic carbocycles. The van der Waals surface area contributed by atoms with Gasteiger partial charge >= 0.3 is 0 Å². The van der Waals surface area contributed by atoms with E-state index in [0.29, 0.717) is 12.1 Å². The molecule has 1 heterocycles. The van der Waals surface area contributed by atoms with Crippen molar-refractivity contribution >= 4 is 0 Å². The van der Waals surface area contributed by atoms with Gasteiger partial charge in [-0.2, -0.15) is 0 Å². The van der Waals surface area contributed by atoms with E-state index in [9.17, 15) is 0 Å². The summed E-state index contributed by atoms with van der Waals surface area (Å²) in [6.45, 7) is 10.8. The van der Waals surface area contributed by atoms with Crippen molar-refractivity contribution in [1.82, 2.24) is 5.32 Å². The van der Waals surface area contributed by atoms with E-state index in [4.69, 9.17) is 4.42 Å². The van der Waals surface area contributed by atoms with Crippen LogP contribution < -0.4 is 5.32 Å². The lowest BCUT2D eigenvalue weighted by Gasteiger charge is -2.22. The number of rotatable bonds is 7. The molecule has 17 heavy (non-hydrogen) atoms. The van der Waals surface area contributed by atoms with E-state index in [1.54, 1.807) is 0 Å². The van der Waals surface area contributed by atoms with E-state index in [-0.39, 0.29) is 0 Å². The first-order valence-corrected chi connectivity index (χ1v) is 6.91. The van der Waals surface area contributed by atoms with Crippen LogP contribution in [-0.2, 0) is 0 Å². The molecule has 0 saturated carbocycles. The Bertz CT molecular complexity index is 324. The van der Waals surface area contributed by atoms with Gasteiger partial charge in [0, 0.05) is 17.6 Å². The second-order valence-corrected chi connectivity index (χ2v) is 5.03. The van der Waals surface area contributed by atoms with Crippen LogP contribution in [0.25, 0.3) is 0 Å². The highest BCUT2D eigenvalue weighted by Gasteiger charge is 2.16. The first-order chi connectivity index (χ1) is 8.08. The number of furan rings is 1. The standard InChI is InChI=1S/C15H27NO/c1-6-8-14(9-7-2)16-12(4)15-10-11(3)17-13(15)5/h10,12,14,16H,6-9H2,1-5H3. The fourth-order valence-corrected chi connectivity index (χ4v) is 2.53. The Balaban J connectivity index is 2.62. The maximum Gasteiger partial charge on any atom is 0.105 e. The summed E-state index contributed by atoms with van der Waals surface area (Å²) >= 11 is 0. The lowest BCUT2D eigenvalue weighted by atomic mass is 10.0. The molecule has 1 unspecified atom stereocenters. The molecule has 1 rings (SSSR count).